The van der Waals surface area contributed by atoms with E-state index in [4.69, 9.17) is 14.6 Å². The van der Waals surface area contributed by atoms with Gasteiger partial charge in [-0.3, -0.25) is 10.1 Å². The van der Waals surface area contributed by atoms with E-state index in [1.54, 1.807) is 0 Å². The Balaban J connectivity index is 2.48. The van der Waals surface area contributed by atoms with Crippen molar-refractivity contribution < 1.29 is 24.3 Å². The molecule has 0 aliphatic rings. The van der Waals surface area contributed by atoms with E-state index >= 15 is 0 Å². The fourth-order valence-electron chi connectivity index (χ4n) is 1.50. The molecule has 21 heavy (non-hydrogen) atoms. The van der Waals surface area contributed by atoms with Crippen molar-refractivity contribution in [1.29, 1.82) is 0 Å². The van der Waals surface area contributed by atoms with E-state index < -0.39 is 16.6 Å². The van der Waals surface area contributed by atoms with Crippen molar-refractivity contribution in [1.82, 2.24) is 9.97 Å². The molecule has 0 fully saturated rings. The zero-order valence-corrected chi connectivity index (χ0v) is 10.7. The molecule has 1 aromatic heterocycles. The van der Waals surface area contributed by atoms with Crippen molar-refractivity contribution in [2.75, 3.05) is 7.11 Å². The second kappa shape index (κ2) is 5.82. The predicted octanol–water partition coefficient (Wildman–Crippen LogP) is 1.88. The van der Waals surface area contributed by atoms with Gasteiger partial charge in [-0.25, -0.2) is 14.8 Å². The Morgan fingerprint density at radius 2 is 2.05 bits per heavy atom. The summed E-state index contributed by atoms with van der Waals surface area (Å²) in [6.45, 7) is 0. The van der Waals surface area contributed by atoms with Crippen LogP contribution in [0.25, 0.3) is 0 Å². The summed E-state index contributed by atoms with van der Waals surface area (Å²) in [6.07, 6.45) is 2.39. The first kappa shape index (κ1) is 14.2. The molecule has 108 valence electrons. The van der Waals surface area contributed by atoms with E-state index in [0.717, 1.165) is 0 Å². The van der Waals surface area contributed by atoms with Gasteiger partial charge in [-0.2, -0.15) is 0 Å². The summed E-state index contributed by atoms with van der Waals surface area (Å²) < 4.78 is 10.2. The summed E-state index contributed by atoms with van der Waals surface area (Å²) in [5, 5.41) is 19.9. The number of ether oxygens (including phenoxy) is 2. The van der Waals surface area contributed by atoms with Crippen molar-refractivity contribution in [3.8, 4) is 17.4 Å². The van der Waals surface area contributed by atoms with E-state index in [-0.39, 0.29) is 17.3 Å². The van der Waals surface area contributed by atoms with Gasteiger partial charge < -0.3 is 14.6 Å². The first-order valence-electron chi connectivity index (χ1n) is 5.57. The maximum atomic E-state index is 11.0. The first-order valence-corrected chi connectivity index (χ1v) is 5.57. The number of hydrogen-bond donors (Lipinski definition) is 1. The van der Waals surface area contributed by atoms with Gasteiger partial charge in [-0.15, -0.1) is 0 Å². The molecule has 2 rings (SSSR count). The largest absolute Gasteiger partial charge is 0.497 e. The second-order valence-corrected chi connectivity index (χ2v) is 3.71. The van der Waals surface area contributed by atoms with Crippen LogP contribution in [0.3, 0.4) is 0 Å². The number of aromatic nitrogens is 2. The Morgan fingerprint density at radius 1 is 1.33 bits per heavy atom. The smallest absolute Gasteiger partial charge is 0.360 e. The Labute approximate surface area is 117 Å². The lowest BCUT2D eigenvalue weighted by atomic mass is 10.3. The fraction of sp³-hybridized carbons (Fsp3) is 0.0833. The molecule has 1 N–H and O–H groups in total. The van der Waals surface area contributed by atoms with Crippen LogP contribution in [0.15, 0.2) is 30.6 Å². The number of benzene rings is 1. The van der Waals surface area contributed by atoms with E-state index in [1.807, 2.05) is 0 Å². The van der Waals surface area contributed by atoms with Gasteiger partial charge in [-0.1, -0.05) is 0 Å². The van der Waals surface area contributed by atoms with Crippen LogP contribution in [-0.4, -0.2) is 33.1 Å². The minimum atomic E-state index is -1.36. The number of aromatic carboxylic acids is 1. The maximum absolute atomic E-state index is 11.0. The lowest BCUT2D eigenvalue weighted by Crippen LogP contribution is -2.05. The molecule has 1 heterocycles. The third kappa shape index (κ3) is 3.03. The normalized spacial score (nSPS) is 9.95. The van der Waals surface area contributed by atoms with Crippen LogP contribution in [-0.2, 0) is 0 Å². The van der Waals surface area contributed by atoms with Crippen LogP contribution in [0.2, 0.25) is 0 Å². The number of hydrogen-bond acceptors (Lipinski definition) is 7. The molecule has 0 spiro atoms. The number of carboxylic acids is 1. The molecule has 9 nitrogen and oxygen atoms in total. The van der Waals surface area contributed by atoms with Crippen LogP contribution in [0.5, 0.6) is 17.4 Å². The van der Waals surface area contributed by atoms with E-state index in [1.165, 1.54) is 37.7 Å². The van der Waals surface area contributed by atoms with Crippen molar-refractivity contribution in [3.05, 3.63) is 46.4 Å². The van der Waals surface area contributed by atoms with Gasteiger partial charge in [0.25, 0.3) is 5.88 Å². The molecule has 9 heteroatoms. The van der Waals surface area contributed by atoms with Gasteiger partial charge in [0, 0.05) is 24.5 Å². The van der Waals surface area contributed by atoms with Crippen LogP contribution < -0.4 is 9.47 Å². The summed E-state index contributed by atoms with van der Waals surface area (Å²) in [7, 11) is 1.38. The summed E-state index contributed by atoms with van der Waals surface area (Å²) in [5.41, 5.74) is -0.799. The molecular weight excluding hydrogens is 282 g/mol. The highest BCUT2D eigenvalue weighted by Gasteiger charge is 2.21. The molecule has 0 atom stereocenters. The first-order chi connectivity index (χ1) is 10.0. The molecule has 0 bridgehead atoms. The minimum Gasteiger partial charge on any atom is -0.497 e. The van der Waals surface area contributed by atoms with E-state index in [2.05, 4.69) is 9.97 Å². The van der Waals surface area contributed by atoms with E-state index in [0.29, 0.717) is 5.75 Å². The summed E-state index contributed by atoms with van der Waals surface area (Å²) in [4.78, 5) is 28.6. The Morgan fingerprint density at radius 3 is 2.67 bits per heavy atom. The number of nitro benzene ring substituents is 1. The Kier molecular flexibility index (Phi) is 3.93. The van der Waals surface area contributed by atoms with Crippen molar-refractivity contribution in [2.24, 2.45) is 0 Å². The molecule has 0 saturated heterocycles. The fourth-order valence-corrected chi connectivity index (χ4v) is 1.50. The average molecular weight is 291 g/mol. The van der Waals surface area contributed by atoms with Gasteiger partial charge in [0.2, 0.25) is 11.4 Å². The number of methoxy groups -OCH3 is 1. The predicted molar refractivity (Wildman–Crippen MR) is 68.7 cm³/mol. The van der Waals surface area contributed by atoms with E-state index in [9.17, 15) is 14.9 Å². The quantitative estimate of drug-likeness (QED) is 0.653. The topological polar surface area (TPSA) is 125 Å². The van der Waals surface area contributed by atoms with Gasteiger partial charge in [0.05, 0.1) is 12.0 Å². The summed E-state index contributed by atoms with van der Waals surface area (Å²) in [6, 6.07) is 3.84. The van der Waals surface area contributed by atoms with Crippen molar-refractivity contribution >= 4 is 11.7 Å². The standard InChI is InChI=1S/C12H9N3O6/c1-20-7-2-3-8(15(18)19)9(6-7)21-11-10(12(16)17)13-4-5-14-11/h2-6H,1H3,(H,16,17). The number of nitro groups is 1. The molecule has 2 aromatic rings. The molecular formula is C12H9N3O6. The SMILES string of the molecule is COc1ccc([N+](=O)[O-])c(Oc2nccnc2C(=O)O)c1. The molecule has 0 aliphatic carbocycles. The second-order valence-electron chi connectivity index (χ2n) is 3.71. The van der Waals surface area contributed by atoms with Gasteiger partial charge in [-0.05, 0) is 6.07 Å². The van der Waals surface area contributed by atoms with Crippen LogP contribution in [0.4, 0.5) is 5.69 Å². The highest BCUT2D eigenvalue weighted by molar-refractivity contribution is 5.87. The molecule has 0 unspecified atom stereocenters. The lowest BCUT2D eigenvalue weighted by molar-refractivity contribution is -0.385. The van der Waals surface area contributed by atoms with Crippen LogP contribution >= 0.6 is 0 Å². The number of rotatable bonds is 5. The van der Waals surface area contributed by atoms with Gasteiger partial charge in [0.15, 0.2) is 0 Å². The van der Waals surface area contributed by atoms with Crippen molar-refractivity contribution in [2.45, 2.75) is 0 Å². The Bertz CT molecular complexity index is 703. The lowest BCUT2D eigenvalue weighted by Gasteiger charge is -2.08. The zero-order valence-electron chi connectivity index (χ0n) is 10.7. The summed E-state index contributed by atoms with van der Waals surface area (Å²) in [5.74, 6) is -1.58. The van der Waals surface area contributed by atoms with Crippen LogP contribution in [0.1, 0.15) is 10.5 Å². The maximum Gasteiger partial charge on any atom is 0.360 e. The number of carbonyl (C=O) groups is 1. The molecule has 0 amide bonds. The van der Waals surface area contributed by atoms with Gasteiger partial charge in [0.1, 0.15) is 5.75 Å². The average Bonchev–Trinajstić information content (AvgIpc) is 2.47. The van der Waals surface area contributed by atoms with Crippen LogP contribution in [0, 0.1) is 10.1 Å². The molecule has 0 saturated carbocycles. The highest BCUT2D eigenvalue weighted by Crippen LogP contribution is 2.34. The third-order valence-corrected chi connectivity index (χ3v) is 2.44. The molecule has 0 aliphatic heterocycles. The summed E-state index contributed by atoms with van der Waals surface area (Å²) >= 11 is 0. The number of nitrogens with zero attached hydrogens (tertiary/aromatic N) is 3. The monoisotopic (exact) mass is 291 g/mol. The van der Waals surface area contributed by atoms with Gasteiger partial charge >= 0.3 is 11.7 Å². The highest BCUT2D eigenvalue weighted by atomic mass is 16.6. The molecule has 0 radical (unpaired) electrons. The Hall–Kier alpha value is -3.23. The minimum absolute atomic E-state index is 0.192. The third-order valence-electron chi connectivity index (χ3n) is 2.44. The van der Waals surface area contributed by atoms with Crippen molar-refractivity contribution in [3.63, 3.8) is 0 Å². The number of carboxylic acid groups (broad SMARTS) is 1. The molecule has 1 aromatic carbocycles. The zero-order chi connectivity index (χ0) is 15.4.